The Morgan fingerprint density at radius 3 is 2.88 bits per heavy atom. The van der Waals surface area contributed by atoms with Gasteiger partial charge >= 0.3 is 0 Å². The highest BCUT2D eigenvalue weighted by Gasteiger charge is 2.25. The van der Waals surface area contributed by atoms with Crippen molar-refractivity contribution in [2.75, 3.05) is 37.6 Å². The quantitative estimate of drug-likeness (QED) is 0.918. The Hall–Kier alpha value is -1.79. The normalized spacial score (nSPS) is 18.2. The molecule has 1 amide bonds. The molecule has 1 fully saturated rings. The van der Waals surface area contributed by atoms with Crippen LogP contribution in [0.25, 0.3) is 11.1 Å². The molecular weight excluding hydrogens is 328 g/mol. The van der Waals surface area contributed by atoms with Crippen molar-refractivity contribution in [3.05, 3.63) is 22.7 Å². The van der Waals surface area contributed by atoms with Gasteiger partial charge in [-0.15, -0.1) is 0 Å². The maximum atomic E-state index is 12.8. The lowest BCUT2D eigenvalue weighted by atomic mass is 10.1. The summed E-state index contributed by atoms with van der Waals surface area (Å²) < 4.78 is 6.01. The number of rotatable bonds is 4. The van der Waals surface area contributed by atoms with E-state index in [0.29, 0.717) is 40.8 Å². The number of nitrogens with one attached hydrogen (secondary N) is 1. The van der Waals surface area contributed by atoms with Crippen molar-refractivity contribution in [2.24, 2.45) is 0 Å². The molecule has 130 valence electrons. The largest absolute Gasteiger partial charge is 0.423 e. The zero-order valence-electron chi connectivity index (χ0n) is 14.3. The van der Waals surface area contributed by atoms with E-state index in [0.717, 1.165) is 19.6 Å². The topological polar surface area (TPSA) is 61.6 Å². The van der Waals surface area contributed by atoms with E-state index in [4.69, 9.17) is 16.0 Å². The minimum absolute atomic E-state index is 0.0800. The Bertz CT molecular complexity index is 742. The third-order valence-corrected chi connectivity index (χ3v) is 4.69. The Labute approximate surface area is 146 Å². The lowest BCUT2D eigenvalue weighted by molar-refractivity contribution is 0.0774. The van der Waals surface area contributed by atoms with Gasteiger partial charge in [0.05, 0.1) is 5.56 Å². The van der Waals surface area contributed by atoms with Crippen LogP contribution in [0.2, 0.25) is 5.02 Å². The maximum absolute atomic E-state index is 12.8. The highest BCUT2D eigenvalue weighted by Crippen LogP contribution is 2.30. The third-order valence-electron chi connectivity index (χ3n) is 4.47. The van der Waals surface area contributed by atoms with Crippen molar-refractivity contribution in [1.82, 2.24) is 15.2 Å². The number of hydrogen-bond acceptors (Lipinski definition) is 5. The van der Waals surface area contributed by atoms with Crippen molar-refractivity contribution in [2.45, 2.75) is 26.8 Å². The van der Waals surface area contributed by atoms with Gasteiger partial charge < -0.3 is 19.5 Å². The molecule has 1 aromatic carbocycles. The van der Waals surface area contributed by atoms with E-state index in [9.17, 15) is 4.79 Å². The van der Waals surface area contributed by atoms with Gasteiger partial charge in [0, 0.05) is 43.8 Å². The second kappa shape index (κ2) is 6.99. The molecule has 0 radical (unpaired) electrons. The SMILES string of the molecule is CCN(CC)C(=O)c1cc(Cl)cc2nc(N3CCNCC3C)oc12. The number of benzene rings is 1. The molecule has 6 nitrogen and oxygen atoms in total. The second-order valence-electron chi connectivity index (χ2n) is 6.02. The summed E-state index contributed by atoms with van der Waals surface area (Å²) in [6, 6.07) is 4.25. The summed E-state index contributed by atoms with van der Waals surface area (Å²) in [5.41, 5.74) is 1.61. The molecule has 1 aliphatic rings. The summed E-state index contributed by atoms with van der Waals surface area (Å²) >= 11 is 6.21. The monoisotopic (exact) mass is 350 g/mol. The molecule has 0 saturated carbocycles. The Kier molecular flexibility index (Phi) is 4.96. The van der Waals surface area contributed by atoms with E-state index in [-0.39, 0.29) is 11.9 Å². The molecule has 3 rings (SSSR count). The van der Waals surface area contributed by atoms with E-state index in [1.807, 2.05) is 13.8 Å². The molecule has 2 aromatic rings. The number of piperazine rings is 1. The predicted octanol–water partition coefficient (Wildman–Crippen LogP) is 2.76. The molecule has 7 heteroatoms. The Morgan fingerprint density at radius 1 is 1.46 bits per heavy atom. The van der Waals surface area contributed by atoms with Crippen LogP contribution in [0.1, 0.15) is 31.1 Å². The first-order chi connectivity index (χ1) is 11.5. The van der Waals surface area contributed by atoms with Crippen molar-refractivity contribution in [3.8, 4) is 0 Å². The average molecular weight is 351 g/mol. The van der Waals surface area contributed by atoms with Crippen LogP contribution in [-0.2, 0) is 0 Å². The number of fused-ring (bicyclic) bond motifs is 1. The number of halogens is 1. The standard InChI is InChI=1S/C17H23ClN4O2/c1-4-21(5-2)16(23)13-8-12(18)9-14-15(13)24-17(20-14)22-7-6-19-10-11(22)3/h8-9,11,19H,4-7,10H2,1-3H3. The molecule has 1 aliphatic heterocycles. The van der Waals surface area contributed by atoms with Crippen molar-refractivity contribution >= 4 is 34.6 Å². The highest BCUT2D eigenvalue weighted by atomic mass is 35.5. The van der Waals surface area contributed by atoms with Gasteiger partial charge in [-0.3, -0.25) is 4.79 Å². The summed E-state index contributed by atoms with van der Waals surface area (Å²) in [5.74, 6) is -0.0800. The van der Waals surface area contributed by atoms with Crippen molar-refractivity contribution < 1.29 is 9.21 Å². The van der Waals surface area contributed by atoms with E-state index >= 15 is 0 Å². The minimum Gasteiger partial charge on any atom is -0.423 e. The van der Waals surface area contributed by atoms with Gasteiger partial charge in [0.2, 0.25) is 0 Å². The number of nitrogens with zero attached hydrogens (tertiary/aromatic N) is 3. The van der Waals surface area contributed by atoms with E-state index in [2.05, 4.69) is 22.1 Å². The van der Waals surface area contributed by atoms with Crippen LogP contribution in [0.4, 0.5) is 6.01 Å². The van der Waals surface area contributed by atoms with Gasteiger partial charge in [0.1, 0.15) is 5.52 Å². The number of amides is 1. The molecule has 0 aliphatic carbocycles. The molecule has 0 spiro atoms. The molecule has 1 atom stereocenters. The number of anilines is 1. The summed E-state index contributed by atoms with van der Waals surface area (Å²) in [6.07, 6.45) is 0. The number of carbonyl (C=O) groups is 1. The lowest BCUT2D eigenvalue weighted by Crippen LogP contribution is -2.50. The van der Waals surface area contributed by atoms with Gasteiger partial charge in [-0.1, -0.05) is 11.6 Å². The molecule has 0 bridgehead atoms. The first kappa shape index (κ1) is 17.0. The van der Waals surface area contributed by atoms with Crippen LogP contribution in [-0.4, -0.2) is 54.6 Å². The fourth-order valence-electron chi connectivity index (χ4n) is 3.07. The van der Waals surface area contributed by atoms with Crippen molar-refractivity contribution in [3.63, 3.8) is 0 Å². The van der Waals surface area contributed by atoms with Crippen LogP contribution in [0, 0.1) is 0 Å². The van der Waals surface area contributed by atoms with Crippen LogP contribution in [0.15, 0.2) is 16.5 Å². The second-order valence-corrected chi connectivity index (χ2v) is 6.46. The summed E-state index contributed by atoms with van der Waals surface area (Å²) in [7, 11) is 0. The molecule has 1 N–H and O–H groups in total. The number of carbonyl (C=O) groups excluding carboxylic acids is 1. The predicted molar refractivity (Wildman–Crippen MR) is 95.9 cm³/mol. The van der Waals surface area contributed by atoms with Crippen LogP contribution in [0.3, 0.4) is 0 Å². The van der Waals surface area contributed by atoms with E-state index in [1.165, 1.54) is 0 Å². The maximum Gasteiger partial charge on any atom is 0.298 e. The molecule has 2 heterocycles. The number of aromatic nitrogens is 1. The van der Waals surface area contributed by atoms with E-state index < -0.39 is 0 Å². The lowest BCUT2D eigenvalue weighted by Gasteiger charge is -2.32. The van der Waals surface area contributed by atoms with Crippen molar-refractivity contribution in [1.29, 1.82) is 0 Å². The fraction of sp³-hybridized carbons (Fsp3) is 0.529. The van der Waals surface area contributed by atoms with Gasteiger partial charge in [0.15, 0.2) is 5.58 Å². The Morgan fingerprint density at radius 2 is 2.21 bits per heavy atom. The zero-order chi connectivity index (χ0) is 17.3. The van der Waals surface area contributed by atoms with Gasteiger partial charge in [-0.2, -0.15) is 4.98 Å². The van der Waals surface area contributed by atoms with E-state index in [1.54, 1.807) is 17.0 Å². The summed E-state index contributed by atoms with van der Waals surface area (Å²) in [4.78, 5) is 21.2. The molecular formula is C17H23ClN4O2. The van der Waals surface area contributed by atoms with Gasteiger partial charge in [0.25, 0.3) is 11.9 Å². The minimum atomic E-state index is -0.0800. The molecule has 1 aromatic heterocycles. The molecule has 1 unspecified atom stereocenters. The number of hydrogen-bond donors (Lipinski definition) is 1. The van der Waals surface area contributed by atoms with Crippen LogP contribution >= 0.6 is 11.6 Å². The van der Waals surface area contributed by atoms with Gasteiger partial charge in [-0.25, -0.2) is 0 Å². The first-order valence-electron chi connectivity index (χ1n) is 8.41. The summed E-state index contributed by atoms with van der Waals surface area (Å²) in [6.45, 7) is 9.89. The molecule has 24 heavy (non-hydrogen) atoms. The molecule has 1 saturated heterocycles. The van der Waals surface area contributed by atoms with Gasteiger partial charge in [-0.05, 0) is 32.9 Å². The first-order valence-corrected chi connectivity index (χ1v) is 8.79. The highest BCUT2D eigenvalue weighted by molar-refractivity contribution is 6.32. The van der Waals surface area contributed by atoms with Crippen LogP contribution < -0.4 is 10.2 Å². The fourth-order valence-corrected chi connectivity index (χ4v) is 3.29. The zero-order valence-corrected chi connectivity index (χ0v) is 15.1. The van der Waals surface area contributed by atoms with Crippen LogP contribution in [0.5, 0.6) is 0 Å². The average Bonchev–Trinajstić information content (AvgIpc) is 2.99. The Balaban J connectivity index is 2.05. The summed E-state index contributed by atoms with van der Waals surface area (Å²) in [5, 5.41) is 3.84. The third kappa shape index (κ3) is 3.08. The smallest absolute Gasteiger partial charge is 0.298 e. The number of oxazole rings is 1.